The number of Topliss-reactive ketones (excluding diaryl/α,β-unsaturated/α-hetero) is 1. The van der Waals surface area contributed by atoms with Crippen LogP contribution >= 0.6 is 0 Å². The molecule has 0 spiro atoms. The van der Waals surface area contributed by atoms with E-state index in [1.807, 2.05) is 31.2 Å². The minimum atomic E-state index is -0.572. The second-order valence-corrected chi connectivity index (χ2v) is 6.53. The molecule has 0 aliphatic carbocycles. The van der Waals surface area contributed by atoms with Gasteiger partial charge >= 0.3 is 0 Å². The maximum Gasteiger partial charge on any atom is 0.292 e. The maximum atomic E-state index is 12.3. The van der Waals surface area contributed by atoms with Gasteiger partial charge in [-0.3, -0.25) is 14.5 Å². The molecule has 5 nitrogen and oxygen atoms in total. The van der Waals surface area contributed by atoms with Crippen LogP contribution in [0.5, 0.6) is 0 Å². The summed E-state index contributed by atoms with van der Waals surface area (Å²) in [5, 5.41) is 2.79. The number of benzene rings is 1. The molecule has 1 amide bonds. The van der Waals surface area contributed by atoms with Crippen LogP contribution in [0.15, 0.2) is 47.1 Å². The summed E-state index contributed by atoms with van der Waals surface area (Å²) in [5.74, 6) is -0.251. The Labute approximate surface area is 148 Å². The van der Waals surface area contributed by atoms with Gasteiger partial charge in [0.1, 0.15) is 5.76 Å². The van der Waals surface area contributed by atoms with E-state index in [4.69, 9.17) is 4.42 Å². The molecule has 0 radical (unpaired) electrons. The van der Waals surface area contributed by atoms with E-state index in [-0.39, 0.29) is 6.04 Å². The van der Waals surface area contributed by atoms with E-state index in [0.29, 0.717) is 12.1 Å². The molecule has 0 saturated carbocycles. The van der Waals surface area contributed by atoms with Gasteiger partial charge in [-0.25, -0.2) is 0 Å². The summed E-state index contributed by atoms with van der Waals surface area (Å²) in [6.07, 6.45) is 5.17. The number of carbonyl (C=O) groups excluding carboxylic acids is 2. The fourth-order valence-electron chi connectivity index (χ4n) is 3.23. The number of likely N-dealkylation sites (tertiary alicyclic amines) is 1. The minimum absolute atomic E-state index is 0.0370. The molecule has 2 heterocycles. The first kappa shape index (κ1) is 17.4. The van der Waals surface area contributed by atoms with Crippen LogP contribution in [0.1, 0.15) is 47.0 Å². The summed E-state index contributed by atoms with van der Waals surface area (Å²) in [4.78, 5) is 26.9. The Morgan fingerprint density at radius 3 is 2.48 bits per heavy atom. The zero-order valence-electron chi connectivity index (χ0n) is 14.5. The van der Waals surface area contributed by atoms with E-state index >= 15 is 0 Å². The maximum absolute atomic E-state index is 12.3. The number of piperidine rings is 1. The molecule has 1 atom stereocenters. The van der Waals surface area contributed by atoms with E-state index in [9.17, 15) is 9.59 Å². The van der Waals surface area contributed by atoms with Gasteiger partial charge in [0.25, 0.3) is 5.91 Å². The van der Waals surface area contributed by atoms with Crippen LogP contribution in [-0.4, -0.2) is 36.2 Å². The molecule has 0 bridgehead atoms. The Balaban J connectivity index is 1.64. The van der Waals surface area contributed by atoms with Crippen LogP contribution in [0, 0.1) is 6.92 Å². The van der Waals surface area contributed by atoms with Crippen molar-refractivity contribution in [3.63, 3.8) is 0 Å². The van der Waals surface area contributed by atoms with Crippen molar-refractivity contribution in [3.8, 4) is 0 Å². The molecule has 1 unspecified atom stereocenters. The molecule has 1 aromatic carbocycles. The number of carbonyl (C=O) groups is 2. The number of furan rings is 1. The molecule has 2 aromatic rings. The second-order valence-electron chi connectivity index (χ2n) is 6.53. The number of aryl methyl sites for hydroxylation is 1. The Kier molecular flexibility index (Phi) is 5.66. The van der Waals surface area contributed by atoms with Gasteiger partial charge in [-0.15, -0.1) is 0 Å². The van der Waals surface area contributed by atoms with Crippen molar-refractivity contribution >= 4 is 11.7 Å². The van der Waals surface area contributed by atoms with Crippen molar-refractivity contribution in [2.45, 2.75) is 32.2 Å². The smallest absolute Gasteiger partial charge is 0.292 e. The van der Waals surface area contributed by atoms with Crippen molar-refractivity contribution < 1.29 is 14.0 Å². The summed E-state index contributed by atoms with van der Waals surface area (Å²) in [5.41, 5.74) is 1.47. The van der Waals surface area contributed by atoms with Crippen LogP contribution < -0.4 is 5.32 Å². The molecule has 1 aliphatic rings. The number of ketones is 1. The molecule has 1 fully saturated rings. The predicted octanol–water partition coefficient (Wildman–Crippen LogP) is 3.11. The van der Waals surface area contributed by atoms with E-state index in [2.05, 4.69) is 10.2 Å². The van der Waals surface area contributed by atoms with E-state index in [1.165, 1.54) is 6.42 Å². The van der Waals surface area contributed by atoms with Crippen molar-refractivity contribution in [1.82, 2.24) is 10.2 Å². The Morgan fingerprint density at radius 1 is 1.12 bits per heavy atom. The Bertz CT molecular complexity index is 701. The third kappa shape index (κ3) is 4.37. The molecule has 132 valence electrons. The normalized spacial score (nSPS) is 16.4. The first-order chi connectivity index (χ1) is 12.1. The number of amides is 1. The van der Waals surface area contributed by atoms with Gasteiger partial charge in [-0.1, -0.05) is 36.2 Å². The van der Waals surface area contributed by atoms with Crippen molar-refractivity contribution in [1.29, 1.82) is 0 Å². The van der Waals surface area contributed by atoms with Crippen molar-refractivity contribution in [2.75, 3.05) is 19.6 Å². The van der Waals surface area contributed by atoms with Crippen LogP contribution in [0.3, 0.4) is 0 Å². The number of rotatable bonds is 6. The van der Waals surface area contributed by atoms with Gasteiger partial charge in [-0.05, 0) is 45.0 Å². The highest BCUT2D eigenvalue weighted by molar-refractivity contribution is 6.42. The lowest BCUT2D eigenvalue weighted by molar-refractivity contribution is -0.117. The highest BCUT2D eigenvalue weighted by Crippen LogP contribution is 2.24. The first-order valence-corrected chi connectivity index (χ1v) is 8.82. The van der Waals surface area contributed by atoms with Crippen LogP contribution in [0.4, 0.5) is 0 Å². The largest absolute Gasteiger partial charge is 0.468 e. The highest BCUT2D eigenvalue weighted by atomic mass is 16.3. The summed E-state index contributed by atoms with van der Waals surface area (Å²) >= 11 is 0. The lowest BCUT2D eigenvalue weighted by Gasteiger charge is -2.33. The molecule has 1 aromatic heterocycles. The summed E-state index contributed by atoms with van der Waals surface area (Å²) in [7, 11) is 0. The van der Waals surface area contributed by atoms with Gasteiger partial charge in [-0.2, -0.15) is 0 Å². The van der Waals surface area contributed by atoms with Crippen molar-refractivity contribution in [3.05, 3.63) is 59.5 Å². The Hall–Kier alpha value is -2.40. The second kappa shape index (κ2) is 8.12. The average molecular weight is 340 g/mol. The zero-order chi connectivity index (χ0) is 17.6. The number of hydrogen-bond donors (Lipinski definition) is 1. The molecule has 5 heteroatoms. The predicted molar refractivity (Wildman–Crippen MR) is 95.4 cm³/mol. The third-order valence-electron chi connectivity index (χ3n) is 4.68. The van der Waals surface area contributed by atoms with Crippen molar-refractivity contribution in [2.24, 2.45) is 0 Å². The van der Waals surface area contributed by atoms with E-state index < -0.39 is 11.7 Å². The van der Waals surface area contributed by atoms with Gasteiger partial charge in [0, 0.05) is 12.1 Å². The van der Waals surface area contributed by atoms with E-state index in [0.717, 1.165) is 37.3 Å². The van der Waals surface area contributed by atoms with Crippen LogP contribution in [-0.2, 0) is 4.79 Å². The molecule has 1 aliphatic heterocycles. The molecule has 1 saturated heterocycles. The zero-order valence-corrected chi connectivity index (χ0v) is 14.5. The molecular formula is C20H24N2O3. The summed E-state index contributed by atoms with van der Waals surface area (Å²) < 4.78 is 5.56. The monoisotopic (exact) mass is 340 g/mol. The third-order valence-corrected chi connectivity index (χ3v) is 4.68. The average Bonchev–Trinajstić information content (AvgIpc) is 3.17. The first-order valence-electron chi connectivity index (χ1n) is 8.82. The molecule has 1 N–H and O–H groups in total. The highest BCUT2D eigenvalue weighted by Gasteiger charge is 2.26. The van der Waals surface area contributed by atoms with E-state index in [1.54, 1.807) is 18.4 Å². The number of nitrogens with one attached hydrogen (secondary N) is 1. The topological polar surface area (TPSA) is 62.6 Å². The van der Waals surface area contributed by atoms with Crippen LogP contribution in [0.2, 0.25) is 0 Å². The SMILES string of the molecule is Cc1ccc(C(=O)C(=O)NCC(c2ccco2)N2CCCCC2)cc1. The van der Waals surface area contributed by atoms with Gasteiger partial charge in [0.05, 0.1) is 12.3 Å². The molecule has 25 heavy (non-hydrogen) atoms. The fourth-order valence-corrected chi connectivity index (χ4v) is 3.23. The molecular weight excluding hydrogens is 316 g/mol. The van der Waals surface area contributed by atoms with Gasteiger partial charge in [0.15, 0.2) is 0 Å². The number of hydrogen-bond acceptors (Lipinski definition) is 4. The summed E-state index contributed by atoms with van der Waals surface area (Å²) in [6, 6.07) is 10.8. The molecule has 3 rings (SSSR count). The van der Waals surface area contributed by atoms with Crippen LogP contribution in [0.25, 0.3) is 0 Å². The lowest BCUT2D eigenvalue weighted by Crippen LogP contribution is -2.42. The fraction of sp³-hybridized carbons (Fsp3) is 0.400. The van der Waals surface area contributed by atoms with Gasteiger partial charge < -0.3 is 9.73 Å². The summed E-state index contributed by atoms with van der Waals surface area (Å²) in [6.45, 7) is 4.27. The minimum Gasteiger partial charge on any atom is -0.468 e. The Morgan fingerprint density at radius 2 is 1.84 bits per heavy atom. The quantitative estimate of drug-likeness (QED) is 0.648. The lowest BCUT2D eigenvalue weighted by atomic mass is 10.1. The van der Waals surface area contributed by atoms with Gasteiger partial charge in [0.2, 0.25) is 5.78 Å². The standard InChI is InChI=1S/C20H24N2O3/c1-15-7-9-16(10-8-15)19(23)20(24)21-14-17(18-6-5-13-25-18)22-11-3-2-4-12-22/h5-10,13,17H,2-4,11-12,14H2,1H3,(H,21,24). The number of nitrogens with zero attached hydrogens (tertiary/aromatic N) is 1.